The second kappa shape index (κ2) is 9.55. The van der Waals surface area contributed by atoms with E-state index in [0.717, 1.165) is 4.90 Å². The number of anilines is 1. The molecule has 3 amide bonds. The molecule has 1 saturated heterocycles. The van der Waals surface area contributed by atoms with Gasteiger partial charge in [-0.1, -0.05) is 15.9 Å². The molecule has 0 bridgehead atoms. The number of imide groups is 1. The zero-order valence-corrected chi connectivity index (χ0v) is 19.1. The lowest BCUT2D eigenvalue weighted by Gasteiger charge is -2.13. The summed E-state index contributed by atoms with van der Waals surface area (Å²) in [6.45, 7) is -0.946. The molecule has 2 heterocycles. The van der Waals surface area contributed by atoms with E-state index in [4.69, 9.17) is 19.3 Å². The van der Waals surface area contributed by atoms with Crippen molar-refractivity contribution in [3.8, 4) is 17.2 Å². The highest BCUT2D eigenvalue weighted by atomic mass is 79.9. The van der Waals surface area contributed by atoms with Crippen molar-refractivity contribution in [1.82, 2.24) is 4.90 Å². The molecule has 10 nitrogen and oxygen atoms in total. The first-order valence-electron chi connectivity index (χ1n) is 9.39. The summed E-state index contributed by atoms with van der Waals surface area (Å²) >= 11 is 3.98. The Bertz CT molecular complexity index is 1200. The summed E-state index contributed by atoms with van der Waals surface area (Å²) in [6.07, 6.45) is 1.42. The molecule has 2 aliphatic rings. The zero-order chi connectivity index (χ0) is 23.5. The van der Waals surface area contributed by atoms with Crippen molar-refractivity contribution < 1.29 is 38.5 Å². The monoisotopic (exact) mass is 534 g/mol. The van der Waals surface area contributed by atoms with Gasteiger partial charge in [0.25, 0.3) is 11.1 Å². The Balaban J connectivity index is 1.46. The van der Waals surface area contributed by atoms with Gasteiger partial charge in [0, 0.05) is 21.8 Å². The van der Waals surface area contributed by atoms with E-state index in [-0.39, 0.29) is 17.4 Å². The number of carboxylic acid groups (broad SMARTS) is 1. The van der Waals surface area contributed by atoms with Crippen LogP contribution in [0.2, 0.25) is 0 Å². The molecule has 33 heavy (non-hydrogen) atoms. The van der Waals surface area contributed by atoms with Crippen LogP contribution in [0.15, 0.2) is 45.8 Å². The Kier molecular flexibility index (Phi) is 6.56. The SMILES string of the molecule is O=C(O)COc1ccc(Br)cc1/C=C1/SC(=O)N(CC(=O)Nc2ccc3c(c2)OCO3)C1=O. The number of carbonyl (C=O) groups excluding carboxylic acids is 3. The second-order valence-electron chi connectivity index (χ2n) is 6.75. The minimum absolute atomic E-state index is 0.0779. The van der Waals surface area contributed by atoms with Crippen LogP contribution in [0.1, 0.15) is 5.56 Å². The summed E-state index contributed by atoms with van der Waals surface area (Å²) in [7, 11) is 0. The highest BCUT2D eigenvalue weighted by molar-refractivity contribution is 9.10. The first-order chi connectivity index (χ1) is 15.8. The number of aliphatic carboxylic acids is 1. The Morgan fingerprint density at radius 3 is 2.76 bits per heavy atom. The van der Waals surface area contributed by atoms with Gasteiger partial charge in [0.2, 0.25) is 12.7 Å². The fraction of sp³-hybridized carbons (Fsp3) is 0.143. The number of nitrogens with one attached hydrogen (secondary N) is 1. The van der Waals surface area contributed by atoms with Crippen LogP contribution in [0.3, 0.4) is 0 Å². The number of carbonyl (C=O) groups is 4. The number of amides is 3. The number of benzene rings is 2. The number of hydrogen-bond donors (Lipinski definition) is 2. The third-order valence-electron chi connectivity index (χ3n) is 4.44. The van der Waals surface area contributed by atoms with Crippen LogP contribution in [0, 0.1) is 0 Å². The van der Waals surface area contributed by atoms with E-state index < -0.39 is 36.2 Å². The Morgan fingerprint density at radius 1 is 1.18 bits per heavy atom. The normalized spacial score (nSPS) is 15.8. The van der Waals surface area contributed by atoms with E-state index >= 15 is 0 Å². The first kappa shape index (κ1) is 22.7. The quantitative estimate of drug-likeness (QED) is 0.513. The van der Waals surface area contributed by atoms with Crippen LogP contribution in [0.4, 0.5) is 10.5 Å². The molecule has 2 N–H and O–H groups in total. The minimum Gasteiger partial charge on any atom is -0.481 e. The van der Waals surface area contributed by atoms with Gasteiger partial charge in [-0.15, -0.1) is 0 Å². The van der Waals surface area contributed by atoms with Crippen molar-refractivity contribution in [2.75, 3.05) is 25.3 Å². The van der Waals surface area contributed by atoms with E-state index in [1.807, 2.05) is 0 Å². The maximum atomic E-state index is 12.8. The maximum absolute atomic E-state index is 12.8. The van der Waals surface area contributed by atoms with Crippen molar-refractivity contribution in [1.29, 1.82) is 0 Å². The summed E-state index contributed by atoms with van der Waals surface area (Å²) < 4.78 is 16.4. The Labute approximate surface area is 199 Å². The number of hydrogen-bond acceptors (Lipinski definition) is 8. The number of halogens is 1. The lowest BCUT2D eigenvalue weighted by Crippen LogP contribution is -2.36. The van der Waals surface area contributed by atoms with Gasteiger partial charge in [-0.3, -0.25) is 19.3 Å². The third kappa shape index (κ3) is 5.29. The van der Waals surface area contributed by atoms with E-state index in [2.05, 4.69) is 21.2 Å². The van der Waals surface area contributed by atoms with Crippen LogP contribution < -0.4 is 19.5 Å². The molecular weight excluding hydrogens is 520 g/mol. The maximum Gasteiger partial charge on any atom is 0.341 e. The molecule has 0 aliphatic carbocycles. The predicted molar refractivity (Wildman–Crippen MR) is 121 cm³/mol. The fourth-order valence-electron chi connectivity index (χ4n) is 3.00. The molecule has 0 spiro atoms. The summed E-state index contributed by atoms with van der Waals surface area (Å²) in [4.78, 5) is 49.3. The average Bonchev–Trinajstić information content (AvgIpc) is 3.32. The van der Waals surface area contributed by atoms with Crippen LogP contribution in [0.25, 0.3) is 6.08 Å². The standard InChI is InChI=1S/C21H15BrN2O8S/c22-12-1-3-14(30-9-19(26)27)11(5-12)6-17-20(28)24(21(29)33-17)8-18(25)23-13-2-4-15-16(7-13)32-10-31-15/h1-7H,8-10H2,(H,23,25)(H,26,27)/b17-6+. The molecule has 2 aromatic rings. The van der Waals surface area contributed by atoms with Crippen LogP contribution in [-0.4, -0.2) is 53.0 Å². The van der Waals surface area contributed by atoms with Gasteiger partial charge < -0.3 is 24.6 Å². The number of nitrogens with zero attached hydrogens (tertiary/aromatic N) is 1. The van der Waals surface area contributed by atoms with Crippen LogP contribution >= 0.6 is 27.7 Å². The number of thioether (sulfide) groups is 1. The number of carboxylic acids is 1. The summed E-state index contributed by atoms with van der Waals surface area (Å²) in [5.74, 6) is -1.09. The van der Waals surface area contributed by atoms with Crippen molar-refractivity contribution in [3.63, 3.8) is 0 Å². The smallest absolute Gasteiger partial charge is 0.341 e. The first-order valence-corrected chi connectivity index (χ1v) is 11.0. The average molecular weight is 535 g/mol. The summed E-state index contributed by atoms with van der Waals surface area (Å²) in [5, 5.41) is 10.9. The topological polar surface area (TPSA) is 131 Å². The van der Waals surface area contributed by atoms with Gasteiger partial charge in [0.15, 0.2) is 18.1 Å². The predicted octanol–water partition coefficient (Wildman–Crippen LogP) is 3.32. The summed E-state index contributed by atoms with van der Waals surface area (Å²) in [6, 6.07) is 9.66. The lowest BCUT2D eigenvalue weighted by molar-refractivity contribution is -0.139. The molecule has 2 aliphatic heterocycles. The molecule has 0 radical (unpaired) electrons. The molecule has 170 valence electrons. The second-order valence-corrected chi connectivity index (χ2v) is 8.66. The highest BCUT2D eigenvalue weighted by Crippen LogP contribution is 2.36. The van der Waals surface area contributed by atoms with Crippen LogP contribution in [0.5, 0.6) is 17.2 Å². The largest absolute Gasteiger partial charge is 0.481 e. The van der Waals surface area contributed by atoms with E-state index in [9.17, 15) is 19.2 Å². The molecule has 1 fully saturated rings. The van der Waals surface area contributed by atoms with Crippen molar-refractivity contribution in [3.05, 3.63) is 51.3 Å². The minimum atomic E-state index is -1.15. The molecule has 2 aromatic carbocycles. The van der Waals surface area contributed by atoms with Crippen LogP contribution in [-0.2, 0) is 14.4 Å². The molecule has 0 saturated carbocycles. The zero-order valence-electron chi connectivity index (χ0n) is 16.7. The molecule has 12 heteroatoms. The molecule has 4 rings (SSSR count). The van der Waals surface area contributed by atoms with E-state index in [0.29, 0.717) is 39.0 Å². The van der Waals surface area contributed by atoms with Crippen molar-refractivity contribution in [2.45, 2.75) is 0 Å². The highest BCUT2D eigenvalue weighted by Gasteiger charge is 2.36. The number of rotatable bonds is 7. The molecular formula is C21H15BrN2O8S. The Hall–Kier alpha value is -3.51. The lowest BCUT2D eigenvalue weighted by atomic mass is 10.2. The van der Waals surface area contributed by atoms with E-state index in [1.165, 1.54) is 6.08 Å². The van der Waals surface area contributed by atoms with Gasteiger partial charge in [-0.05, 0) is 48.2 Å². The molecule has 0 unspecified atom stereocenters. The summed E-state index contributed by atoms with van der Waals surface area (Å²) in [5.41, 5.74) is 0.835. The van der Waals surface area contributed by atoms with Gasteiger partial charge in [-0.25, -0.2) is 4.79 Å². The van der Waals surface area contributed by atoms with E-state index in [1.54, 1.807) is 36.4 Å². The third-order valence-corrected chi connectivity index (χ3v) is 5.84. The van der Waals surface area contributed by atoms with Crippen molar-refractivity contribution in [2.24, 2.45) is 0 Å². The van der Waals surface area contributed by atoms with Gasteiger partial charge in [0.05, 0.1) is 4.91 Å². The van der Waals surface area contributed by atoms with Gasteiger partial charge in [0.1, 0.15) is 12.3 Å². The van der Waals surface area contributed by atoms with Gasteiger partial charge >= 0.3 is 5.97 Å². The van der Waals surface area contributed by atoms with Gasteiger partial charge in [-0.2, -0.15) is 0 Å². The fourth-order valence-corrected chi connectivity index (χ4v) is 4.21. The van der Waals surface area contributed by atoms with Crippen molar-refractivity contribution >= 4 is 62.5 Å². The molecule has 0 aromatic heterocycles. The number of fused-ring (bicyclic) bond motifs is 1. The number of ether oxygens (including phenoxy) is 3. The Morgan fingerprint density at radius 2 is 1.97 bits per heavy atom. The molecule has 0 atom stereocenters.